The molecule has 4 heteroatoms. The Bertz CT molecular complexity index is 381. The molecular weight excluding hydrogens is 228 g/mol. The average molecular weight is 248 g/mol. The molecule has 0 heterocycles. The van der Waals surface area contributed by atoms with Gasteiger partial charge in [-0.25, -0.2) is 0 Å². The van der Waals surface area contributed by atoms with Gasteiger partial charge in [-0.05, 0) is 11.1 Å². The molecule has 0 saturated carbocycles. The zero-order valence-electron chi connectivity index (χ0n) is 11.0. The average Bonchev–Trinajstić information content (AvgIpc) is 2.42. The number of rotatable bonds is 6. The Hall–Kier alpha value is -1.84. The number of hydrogen-bond donors (Lipinski definition) is 2. The minimum atomic E-state index is 0.0414. The van der Waals surface area contributed by atoms with Gasteiger partial charge in [0.2, 0.25) is 11.8 Å². The van der Waals surface area contributed by atoms with Crippen LogP contribution in [0.3, 0.4) is 0 Å². The van der Waals surface area contributed by atoms with Crippen LogP contribution in [0.5, 0.6) is 0 Å². The highest BCUT2D eigenvalue weighted by Crippen LogP contribution is 2.05. The summed E-state index contributed by atoms with van der Waals surface area (Å²) < 4.78 is 0. The predicted octanol–water partition coefficient (Wildman–Crippen LogP) is 1.74. The van der Waals surface area contributed by atoms with Gasteiger partial charge < -0.3 is 10.6 Å². The SMILES string of the molecule is CCC(=O)NCc1cccc(CNC(=O)CC)c1. The molecule has 1 rings (SSSR count). The zero-order valence-corrected chi connectivity index (χ0v) is 11.0. The van der Waals surface area contributed by atoms with Crippen LogP contribution in [-0.2, 0) is 22.7 Å². The number of carbonyl (C=O) groups is 2. The molecule has 98 valence electrons. The van der Waals surface area contributed by atoms with Gasteiger partial charge in [0.05, 0.1) is 0 Å². The van der Waals surface area contributed by atoms with Crippen LogP contribution in [0.15, 0.2) is 24.3 Å². The second kappa shape index (κ2) is 7.48. The van der Waals surface area contributed by atoms with E-state index in [4.69, 9.17) is 0 Å². The lowest BCUT2D eigenvalue weighted by atomic mass is 10.1. The fourth-order valence-corrected chi connectivity index (χ4v) is 1.50. The molecule has 0 atom stereocenters. The normalized spacial score (nSPS) is 9.89. The fraction of sp³-hybridized carbons (Fsp3) is 0.429. The Morgan fingerprint density at radius 2 is 1.39 bits per heavy atom. The molecule has 2 N–H and O–H groups in total. The van der Waals surface area contributed by atoms with Crippen molar-refractivity contribution in [1.29, 1.82) is 0 Å². The van der Waals surface area contributed by atoms with Gasteiger partial charge in [0.1, 0.15) is 0 Å². The standard InChI is InChI=1S/C14H20N2O2/c1-3-13(17)15-9-11-6-5-7-12(8-11)10-16-14(18)4-2/h5-8H,3-4,9-10H2,1-2H3,(H,15,17)(H,16,18). The number of hydrogen-bond acceptors (Lipinski definition) is 2. The van der Waals surface area contributed by atoms with Crippen LogP contribution in [0.2, 0.25) is 0 Å². The molecule has 0 saturated heterocycles. The smallest absolute Gasteiger partial charge is 0.219 e. The van der Waals surface area contributed by atoms with Crippen LogP contribution in [-0.4, -0.2) is 11.8 Å². The highest BCUT2D eigenvalue weighted by atomic mass is 16.2. The maximum atomic E-state index is 11.2. The molecule has 4 nitrogen and oxygen atoms in total. The molecule has 0 aliphatic heterocycles. The van der Waals surface area contributed by atoms with E-state index in [-0.39, 0.29) is 11.8 Å². The van der Waals surface area contributed by atoms with Crippen molar-refractivity contribution in [2.45, 2.75) is 39.8 Å². The lowest BCUT2D eigenvalue weighted by Gasteiger charge is -2.07. The molecule has 0 aromatic heterocycles. The molecule has 0 fully saturated rings. The molecule has 2 amide bonds. The first-order chi connectivity index (χ1) is 8.65. The minimum absolute atomic E-state index is 0.0414. The summed E-state index contributed by atoms with van der Waals surface area (Å²) in [5, 5.41) is 5.65. The molecule has 0 spiro atoms. The highest BCUT2D eigenvalue weighted by Gasteiger charge is 2.01. The van der Waals surface area contributed by atoms with Gasteiger partial charge in [0, 0.05) is 25.9 Å². The van der Waals surface area contributed by atoms with Gasteiger partial charge in [-0.1, -0.05) is 38.1 Å². The van der Waals surface area contributed by atoms with Gasteiger partial charge in [-0.2, -0.15) is 0 Å². The van der Waals surface area contributed by atoms with Crippen molar-refractivity contribution >= 4 is 11.8 Å². The van der Waals surface area contributed by atoms with E-state index in [2.05, 4.69) is 10.6 Å². The monoisotopic (exact) mass is 248 g/mol. The van der Waals surface area contributed by atoms with Gasteiger partial charge in [-0.15, -0.1) is 0 Å². The van der Waals surface area contributed by atoms with E-state index in [1.807, 2.05) is 38.1 Å². The summed E-state index contributed by atoms with van der Waals surface area (Å²) in [6, 6.07) is 7.84. The van der Waals surface area contributed by atoms with Crippen molar-refractivity contribution in [3.05, 3.63) is 35.4 Å². The third-order valence-electron chi connectivity index (χ3n) is 2.61. The van der Waals surface area contributed by atoms with Crippen LogP contribution in [0.1, 0.15) is 37.8 Å². The van der Waals surface area contributed by atoms with Crippen LogP contribution < -0.4 is 10.6 Å². The first-order valence-corrected chi connectivity index (χ1v) is 6.27. The first kappa shape index (κ1) is 14.2. The van der Waals surface area contributed by atoms with E-state index < -0.39 is 0 Å². The van der Waals surface area contributed by atoms with Crippen molar-refractivity contribution in [2.75, 3.05) is 0 Å². The number of nitrogens with one attached hydrogen (secondary N) is 2. The maximum Gasteiger partial charge on any atom is 0.219 e. The largest absolute Gasteiger partial charge is 0.352 e. The third-order valence-corrected chi connectivity index (χ3v) is 2.61. The van der Waals surface area contributed by atoms with E-state index in [1.54, 1.807) is 0 Å². The Morgan fingerprint density at radius 1 is 0.944 bits per heavy atom. The van der Waals surface area contributed by atoms with E-state index in [0.717, 1.165) is 11.1 Å². The van der Waals surface area contributed by atoms with Gasteiger partial charge in [-0.3, -0.25) is 9.59 Å². The molecule has 0 bridgehead atoms. The van der Waals surface area contributed by atoms with Crippen molar-refractivity contribution in [1.82, 2.24) is 10.6 Å². The summed E-state index contributed by atoms with van der Waals surface area (Å²) >= 11 is 0. The molecule has 0 aliphatic carbocycles. The Kier molecular flexibility index (Phi) is 5.91. The topological polar surface area (TPSA) is 58.2 Å². The Morgan fingerprint density at radius 3 is 1.78 bits per heavy atom. The molecule has 1 aromatic carbocycles. The van der Waals surface area contributed by atoms with E-state index >= 15 is 0 Å². The van der Waals surface area contributed by atoms with E-state index in [1.165, 1.54) is 0 Å². The van der Waals surface area contributed by atoms with Crippen molar-refractivity contribution in [3.63, 3.8) is 0 Å². The summed E-state index contributed by atoms with van der Waals surface area (Å²) in [7, 11) is 0. The van der Waals surface area contributed by atoms with Crippen LogP contribution >= 0.6 is 0 Å². The van der Waals surface area contributed by atoms with Crippen molar-refractivity contribution in [2.24, 2.45) is 0 Å². The summed E-state index contributed by atoms with van der Waals surface area (Å²) in [6.45, 7) is 4.71. The Labute approximate surface area is 108 Å². The van der Waals surface area contributed by atoms with Crippen LogP contribution in [0.4, 0.5) is 0 Å². The molecule has 0 aliphatic rings. The Balaban J connectivity index is 2.51. The lowest BCUT2D eigenvalue weighted by molar-refractivity contribution is -0.121. The summed E-state index contributed by atoms with van der Waals surface area (Å²) in [4.78, 5) is 22.3. The molecule has 18 heavy (non-hydrogen) atoms. The second-order valence-electron chi connectivity index (χ2n) is 4.08. The summed E-state index contributed by atoms with van der Waals surface area (Å²) in [5.41, 5.74) is 2.08. The molecule has 0 unspecified atom stereocenters. The second-order valence-corrected chi connectivity index (χ2v) is 4.08. The van der Waals surface area contributed by atoms with Gasteiger partial charge >= 0.3 is 0 Å². The molecular formula is C14H20N2O2. The third kappa shape index (κ3) is 4.99. The van der Waals surface area contributed by atoms with Crippen LogP contribution in [0, 0.1) is 0 Å². The minimum Gasteiger partial charge on any atom is -0.352 e. The first-order valence-electron chi connectivity index (χ1n) is 6.27. The van der Waals surface area contributed by atoms with Crippen molar-refractivity contribution < 1.29 is 9.59 Å². The summed E-state index contributed by atoms with van der Waals surface area (Å²) in [5.74, 6) is 0.0828. The van der Waals surface area contributed by atoms with Gasteiger partial charge in [0.25, 0.3) is 0 Å². The molecule has 1 aromatic rings. The van der Waals surface area contributed by atoms with Crippen LogP contribution in [0.25, 0.3) is 0 Å². The maximum absolute atomic E-state index is 11.2. The summed E-state index contributed by atoms with van der Waals surface area (Å²) in [6.07, 6.45) is 0.985. The fourth-order valence-electron chi connectivity index (χ4n) is 1.50. The van der Waals surface area contributed by atoms with E-state index in [0.29, 0.717) is 25.9 Å². The number of benzene rings is 1. The predicted molar refractivity (Wildman–Crippen MR) is 70.7 cm³/mol. The van der Waals surface area contributed by atoms with Gasteiger partial charge in [0.15, 0.2) is 0 Å². The number of amides is 2. The molecule has 0 radical (unpaired) electrons. The number of carbonyl (C=O) groups excluding carboxylic acids is 2. The lowest BCUT2D eigenvalue weighted by Crippen LogP contribution is -2.22. The zero-order chi connectivity index (χ0) is 13.4. The quantitative estimate of drug-likeness (QED) is 0.805. The van der Waals surface area contributed by atoms with E-state index in [9.17, 15) is 9.59 Å². The van der Waals surface area contributed by atoms with Crippen molar-refractivity contribution in [3.8, 4) is 0 Å². The highest BCUT2D eigenvalue weighted by molar-refractivity contribution is 5.75.